The Kier molecular flexibility index (Phi) is 5.23. The van der Waals surface area contributed by atoms with Gasteiger partial charge >= 0.3 is 5.97 Å². The number of hydrogen-bond acceptors (Lipinski definition) is 6. The zero-order valence-electron chi connectivity index (χ0n) is 15.6. The number of aromatic nitrogens is 1. The van der Waals surface area contributed by atoms with Crippen LogP contribution < -0.4 is 4.72 Å². The number of fused-ring (bicyclic) bond motifs is 1. The van der Waals surface area contributed by atoms with Crippen LogP contribution >= 0.6 is 11.3 Å². The van der Waals surface area contributed by atoms with Gasteiger partial charge in [-0.2, -0.15) is 0 Å². The van der Waals surface area contributed by atoms with Crippen LogP contribution in [0.15, 0.2) is 71.1 Å². The molecule has 30 heavy (non-hydrogen) atoms. The SMILES string of the molecule is COC(=O)c1ccc2cc(NS(=O)(=O)c3cnc(-c4ccc(F)cc4)s3)ccc2c1. The van der Waals surface area contributed by atoms with Gasteiger partial charge in [0.1, 0.15) is 10.8 Å². The standard InChI is InChI=1S/C21H15FN2O4S2/c1-28-21(25)16-3-2-15-11-18(9-6-14(15)10-16)24-30(26,27)19-12-23-20(29-19)13-4-7-17(22)8-5-13/h2-12,24H,1H3. The Hall–Kier alpha value is -3.30. The molecule has 6 nitrogen and oxygen atoms in total. The maximum atomic E-state index is 13.1. The van der Waals surface area contributed by atoms with Crippen LogP contribution in [0.3, 0.4) is 0 Å². The van der Waals surface area contributed by atoms with Crippen molar-refractivity contribution >= 4 is 43.8 Å². The Balaban J connectivity index is 1.59. The summed E-state index contributed by atoms with van der Waals surface area (Å²) in [5.74, 6) is -0.816. The lowest BCUT2D eigenvalue weighted by atomic mass is 10.1. The van der Waals surface area contributed by atoms with Gasteiger partial charge in [-0.3, -0.25) is 4.72 Å². The summed E-state index contributed by atoms with van der Waals surface area (Å²) in [5.41, 5.74) is 1.43. The summed E-state index contributed by atoms with van der Waals surface area (Å²) in [7, 11) is -2.53. The first-order valence-electron chi connectivity index (χ1n) is 8.72. The topological polar surface area (TPSA) is 85.4 Å². The molecule has 1 heterocycles. The molecule has 4 aromatic rings. The highest BCUT2D eigenvalue weighted by Gasteiger charge is 2.19. The van der Waals surface area contributed by atoms with Gasteiger partial charge in [-0.15, -0.1) is 11.3 Å². The molecule has 0 saturated heterocycles. The van der Waals surface area contributed by atoms with Gasteiger partial charge in [0.05, 0.1) is 18.9 Å². The van der Waals surface area contributed by atoms with Gasteiger partial charge in [0.15, 0.2) is 4.21 Å². The van der Waals surface area contributed by atoms with Crippen molar-refractivity contribution in [3.8, 4) is 10.6 Å². The van der Waals surface area contributed by atoms with Crippen LogP contribution in [-0.2, 0) is 14.8 Å². The number of halogens is 1. The van der Waals surface area contributed by atoms with Gasteiger partial charge in [-0.05, 0) is 59.3 Å². The molecule has 0 atom stereocenters. The lowest BCUT2D eigenvalue weighted by Gasteiger charge is -2.08. The van der Waals surface area contributed by atoms with E-state index in [4.69, 9.17) is 4.74 Å². The van der Waals surface area contributed by atoms with E-state index >= 15 is 0 Å². The van der Waals surface area contributed by atoms with E-state index in [1.54, 1.807) is 48.5 Å². The van der Waals surface area contributed by atoms with Crippen molar-refractivity contribution in [3.63, 3.8) is 0 Å². The number of nitrogens with zero attached hydrogens (tertiary/aromatic N) is 1. The largest absolute Gasteiger partial charge is 0.465 e. The number of rotatable bonds is 5. The maximum Gasteiger partial charge on any atom is 0.337 e. The number of hydrogen-bond donors (Lipinski definition) is 1. The number of thiazole rings is 1. The quantitative estimate of drug-likeness (QED) is 0.453. The first kappa shape index (κ1) is 20.0. The van der Waals surface area contributed by atoms with E-state index in [0.29, 0.717) is 21.8 Å². The van der Waals surface area contributed by atoms with Crippen LogP contribution in [0.2, 0.25) is 0 Å². The number of ether oxygens (including phenoxy) is 1. The van der Waals surface area contributed by atoms with Crippen molar-refractivity contribution in [2.24, 2.45) is 0 Å². The Morgan fingerprint density at radius 1 is 1.03 bits per heavy atom. The molecule has 0 saturated carbocycles. The molecule has 0 bridgehead atoms. The van der Waals surface area contributed by atoms with Crippen LogP contribution in [0.4, 0.5) is 10.1 Å². The van der Waals surface area contributed by atoms with Gasteiger partial charge in [0, 0.05) is 11.3 Å². The highest BCUT2D eigenvalue weighted by atomic mass is 32.2. The molecule has 0 aliphatic carbocycles. The van der Waals surface area contributed by atoms with Crippen molar-refractivity contribution in [1.29, 1.82) is 0 Å². The summed E-state index contributed by atoms with van der Waals surface area (Å²) in [6, 6.07) is 15.7. The van der Waals surface area contributed by atoms with E-state index in [0.717, 1.165) is 22.1 Å². The monoisotopic (exact) mass is 442 g/mol. The Bertz CT molecular complexity index is 1350. The molecular formula is C21H15FN2O4S2. The van der Waals surface area contributed by atoms with E-state index < -0.39 is 16.0 Å². The number of methoxy groups -OCH3 is 1. The minimum absolute atomic E-state index is 0.0444. The molecule has 152 valence electrons. The smallest absolute Gasteiger partial charge is 0.337 e. The Morgan fingerprint density at radius 2 is 1.73 bits per heavy atom. The van der Waals surface area contributed by atoms with Gasteiger partial charge in [0.2, 0.25) is 0 Å². The highest BCUT2D eigenvalue weighted by Crippen LogP contribution is 2.30. The lowest BCUT2D eigenvalue weighted by molar-refractivity contribution is 0.0601. The van der Waals surface area contributed by atoms with Gasteiger partial charge in [-0.25, -0.2) is 22.6 Å². The fourth-order valence-electron chi connectivity index (χ4n) is 2.87. The van der Waals surface area contributed by atoms with E-state index in [-0.39, 0.29) is 10.0 Å². The minimum atomic E-state index is -3.85. The molecule has 4 rings (SSSR count). The number of nitrogens with one attached hydrogen (secondary N) is 1. The van der Waals surface area contributed by atoms with E-state index in [1.165, 1.54) is 25.4 Å². The number of carbonyl (C=O) groups is 1. The van der Waals surface area contributed by atoms with Crippen LogP contribution in [0.5, 0.6) is 0 Å². The second-order valence-corrected chi connectivity index (χ2v) is 9.31. The number of benzene rings is 3. The second-order valence-electron chi connectivity index (χ2n) is 6.37. The summed E-state index contributed by atoms with van der Waals surface area (Å²) in [6.45, 7) is 0. The number of carbonyl (C=O) groups excluding carboxylic acids is 1. The predicted molar refractivity (Wildman–Crippen MR) is 114 cm³/mol. The molecule has 1 aromatic heterocycles. The van der Waals surface area contributed by atoms with Gasteiger partial charge in [-0.1, -0.05) is 12.1 Å². The summed E-state index contributed by atoms with van der Waals surface area (Å²) >= 11 is 0.994. The Morgan fingerprint density at radius 3 is 2.47 bits per heavy atom. The molecule has 0 radical (unpaired) electrons. The molecule has 3 aromatic carbocycles. The fourth-order valence-corrected chi connectivity index (χ4v) is 5.05. The molecular weight excluding hydrogens is 427 g/mol. The van der Waals surface area contributed by atoms with Gasteiger partial charge in [0.25, 0.3) is 10.0 Å². The minimum Gasteiger partial charge on any atom is -0.465 e. The molecule has 0 spiro atoms. The number of sulfonamides is 1. The first-order valence-corrected chi connectivity index (χ1v) is 11.0. The summed E-state index contributed by atoms with van der Waals surface area (Å²) in [5, 5.41) is 2.01. The first-order chi connectivity index (χ1) is 14.4. The maximum absolute atomic E-state index is 13.1. The third-order valence-corrected chi connectivity index (χ3v) is 7.24. The normalized spacial score (nSPS) is 11.4. The average Bonchev–Trinajstić information content (AvgIpc) is 3.24. The average molecular weight is 442 g/mol. The molecule has 1 N–H and O–H groups in total. The van der Waals surface area contributed by atoms with Crippen LogP contribution in [0.1, 0.15) is 10.4 Å². The molecule has 0 unspecified atom stereocenters. The third kappa shape index (κ3) is 4.03. The predicted octanol–water partition coefficient (Wildman–Crippen LogP) is 4.69. The van der Waals surface area contributed by atoms with Gasteiger partial charge < -0.3 is 4.74 Å². The van der Waals surface area contributed by atoms with E-state index in [9.17, 15) is 17.6 Å². The van der Waals surface area contributed by atoms with Crippen molar-refractivity contribution in [2.75, 3.05) is 11.8 Å². The van der Waals surface area contributed by atoms with Crippen LogP contribution in [0.25, 0.3) is 21.3 Å². The molecule has 0 aliphatic rings. The zero-order valence-corrected chi connectivity index (χ0v) is 17.3. The van der Waals surface area contributed by atoms with Crippen molar-refractivity contribution in [1.82, 2.24) is 4.98 Å². The van der Waals surface area contributed by atoms with Crippen molar-refractivity contribution < 1.29 is 22.3 Å². The third-order valence-electron chi connectivity index (χ3n) is 4.35. The van der Waals surface area contributed by atoms with E-state index in [2.05, 4.69) is 9.71 Å². The molecule has 0 fully saturated rings. The van der Waals surface area contributed by atoms with E-state index in [1.807, 2.05) is 0 Å². The lowest BCUT2D eigenvalue weighted by Crippen LogP contribution is -2.11. The van der Waals surface area contributed by atoms with Crippen molar-refractivity contribution in [3.05, 3.63) is 78.2 Å². The zero-order chi connectivity index (χ0) is 21.3. The number of anilines is 1. The number of esters is 1. The molecule has 0 aliphatic heterocycles. The van der Waals surface area contributed by atoms with Crippen molar-refractivity contribution in [2.45, 2.75) is 4.21 Å². The van der Waals surface area contributed by atoms with Crippen LogP contribution in [-0.4, -0.2) is 26.5 Å². The Labute approximate surface area is 176 Å². The second kappa shape index (κ2) is 7.85. The summed E-state index contributed by atoms with van der Waals surface area (Å²) in [6.07, 6.45) is 1.27. The fraction of sp³-hybridized carbons (Fsp3) is 0.0476. The highest BCUT2D eigenvalue weighted by molar-refractivity contribution is 7.94. The molecule has 0 amide bonds. The van der Waals surface area contributed by atoms with Crippen LogP contribution in [0, 0.1) is 5.82 Å². The molecule has 9 heteroatoms. The summed E-state index contributed by atoms with van der Waals surface area (Å²) < 4.78 is 45.9. The summed E-state index contributed by atoms with van der Waals surface area (Å²) in [4.78, 5) is 15.8.